The molecule has 0 aliphatic rings. The van der Waals surface area contributed by atoms with E-state index < -0.39 is 0 Å². The van der Waals surface area contributed by atoms with Crippen molar-refractivity contribution in [2.24, 2.45) is 0 Å². The molecule has 0 aromatic heterocycles. The second-order valence-electron chi connectivity index (χ2n) is 4.81. The minimum absolute atomic E-state index is 0.205. The highest BCUT2D eigenvalue weighted by molar-refractivity contribution is 5.78. The van der Waals surface area contributed by atoms with E-state index in [9.17, 15) is 4.79 Å². The zero-order valence-electron chi connectivity index (χ0n) is 11.9. The van der Waals surface area contributed by atoms with Gasteiger partial charge in [-0.3, -0.25) is 5.32 Å². The van der Waals surface area contributed by atoms with Crippen molar-refractivity contribution in [1.29, 1.82) is 0 Å². The number of carbonyl (C=O) groups is 1. The minimum atomic E-state index is -0.383. The molecular formula is C15H23NO2. The molecule has 1 N–H and O–H groups in total. The summed E-state index contributed by atoms with van der Waals surface area (Å²) >= 11 is 0. The number of hydrogen-bond acceptors (Lipinski definition) is 3. The van der Waals surface area contributed by atoms with E-state index in [0.717, 1.165) is 16.7 Å². The molecule has 0 amide bonds. The lowest BCUT2D eigenvalue weighted by atomic mass is 9.95. The van der Waals surface area contributed by atoms with Gasteiger partial charge in [0.1, 0.15) is 6.04 Å². The summed E-state index contributed by atoms with van der Waals surface area (Å²) in [5.41, 5.74) is 3.26. The molecule has 0 saturated heterocycles. The Morgan fingerprint density at radius 1 is 1.28 bits per heavy atom. The van der Waals surface area contributed by atoms with E-state index in [1.165, 1.54) is 0 Å². The normalized spacial score (nSPS) is 12.6. The van der Waals surface area contributed by atoms with Crippen LogP contribution in [0.3, 0.4) is 0 Å². The van der Waals surface area contributed by atoms with Crippen molar-refractivity contribution in [2.75, 3.05) is 6.61 Å². The van der Waals surface area contributed by atoms with Crippen LogP contribution in [0.5, 0.6) is 0 Å². The summed E-state index contributed by atoms with van der Waals surface area (Å²) in [6, 6.07) is 5.89. The second-order valence-corrected chi connectivity index (χ2v) is 4.81. The van der Waals surface area contributed by atoms with Crippen LogP contribution < -0.4 is 5.32 Å². The van der Waals surface area contributed by atoms with Crippen molar-refractivity contribution >= 4 is 5.97 Å². The van der Waals surface area contributed by atoms with Gasteiger partial charge < -0.3 is 4.74 Å². The van der Waals surface area contributed by atoms with Crippen LogP contribution in [0.15, 0.2) is 18.2 Å². The molecule has 0 radical (unpaired) electrons. The van der Waals surface area contributed by atoms with Crippen LogP contribution in [0.2, 0.25) is 0 Å². The first-order valence-electron chi connectivity index (χ1n) is 6.46. The molecule has 100 valence electrons. The minimum Gasteiger partial charge on any atom is -0.465 e. The molecule has 0 spiro atoms. The highest BCUT2D eigenvalue weighted by Crippen LogP contribution is 2.23. The molecule has 3 heteroatoms. The van der Waals surface area contributed by atoms with E-state index in [4.69, 9.17) is 4.74 Å². The van der Waals surface area contributed by atoms with E-state index >= 15 is 0 Å². The Balaban J connectivity index is 3.13. The summed E-state index contributed by atoms with van der Waals surface area (Å²) in [5, 5.41) is 3.29. The van der Waals surface area contributed by atoms with Gasteiger partial charge >= 0.3 is 5.97 Å². The first-order valence-corrected chi connectivity index (χ1v) is 6.46. The second kappa shape index (κ2) is 6.55. The van der Waals surface area contributed by atoms with E-state index in [1.807, 2.05) is 52.8 Å². The van der Waals surface area contributed by atoms with E-state index in [2.05, 4.69) is 5.32 Å². The van der Waals surface area contributed by atoms with Crippen molar-refractivity contribution in [2.45, 2.75) is 46.7 Å². The van der Waals surface area contributed by atoms with E-state index in [0.29, 0.717) is 6.61 Å². The van der Waals surface area contributed by atoms with E-state index in [-0.39, 0.29) is 18.1 Å². The molecule has 1 aromatic carbocycles. The third-order valence-electron chi connectivity index (χ3n) is 2.85. The van der Waals surface area contributed by atoms with Crippen LogP contribution in [-0.4, -0.2) is 18.6 Å². The molecule has 0 bridgehead atoms. The van der Waals surface area contributed by atoms with Crippen LogP contribution in [0.4, 0.5) is 0 Å². The predicted octanol–water partition coefficient (Wildman–Crippen LogP) is 2.91. The standard InChI is InChI=1S/C15H23NO2/c1-6-18-15(17)14(16-10(2)3)13-11(4)8-7-9-12(13)5/h7-10,14,16H,6H2,1-5H3. The van der Waals surface area contributed by atoms with Gasteiger partial charge in [0.25, 0.3) is 0 Å². The molecule has 18 heavy (non-hydrogen) atoms. The molecule has 1 aromatic rings. The van der Waals surface area contributed by atoms with Crippen LogP contribution in [0.25, 0.3) is 0 Å². The Bertz CT molecular complexity index is 393. The molecule has 0 aliphatic carbocycles. The number of nitrogens with one attached hydrogen (secondary N) is 1. The molecule has 1 rings (SSSR count). The Morgan fingerprint density at radius 2 is 1.83 bits per heavy atom. The number of aryl methyl sites for hydroxylation is 2. The van der Waals surface area contributed by atoms with Gasteiger partial charge in [0.15, 0.2) is 0 Å². The fourth-order valence-electron chi connectivity index (χ4n) is 2.11. The number of ether oxygens (including phenoxy) is 1. The summed E-state index contributed by atoms with van der Waals surface area (Å²) in [6.45, 7) is 10.3. The number of carbonyl (C=O) groups excluding carboxylic acids is 1. The van der Waals surface area contributed by atoms with Crippen molar-refractivity contribution in [1.82, 2.24) is 5.32 Å². The van der Waals surface area contributed by atoms with Crippen LogP contribution in [0, 0.1) is 13.8 Å². The fourth-order valence-corrected chi connectivity index (χ4v) is 2.11. The average Bonchev–Trinajstić information content (AvgIpc) is 2.27. The maximum atomic E-state index is 12.1. The Hall–Kier alpha value is -1.35. The van der Waals surface area contributed by atoms with Gasteiger partial charge in [0.2, 0.25) is 0 Å². The largest absolute Gasteiger partial charge is 0.465 e. The summed E-state index contributed by atoms with van der Waals surface area (Å²) in [4.78, 5) is 12.1. The summed E-state index contributed by atoms with van der Waals surface area (Å²) in [5.74, 6) is -0.205. The molecule has 3 nitrogen and oxygen atoms in total. The molecule has 0 saturated carbocycles. The van der Waals surface area contributed by atoms with Crippen molar-refractivity contribution in [3.8, 4) is 0 Å². The van der Waals surface area contributed by atoms with Gasteiger partial charge in [0.05, 0.1) is 6.61 Å². The third kappa shape index (κ3) is 3.57. The first-order chi connectivity index (χ1) is 8.47. The number of esters is 1. The smallest absolute Gasteiger partial charge is 0.327 e. The maximum Gasteiger partial charge on any atom is 0.327 e. The van der Waals surface area contributed by atoms with Crippen molar-refractivity contribution in [3.05, 3.63) is 34.9 Å². The summed E-state index contributed by atoms with van der Waals surface area (Å²) in [6.07, 6.45) is 0. The van der Waals surface area contributed by atoms with Crippen molar-refractivity contribution in [3.63, 3.8) is 0 Å². The number of hydrogen-bond donors (Lipinski definition) is 1. The van der Waals surface area contributed by atoms with Gasteiger partial charge in [-0.2, -0.15) is 0 Å². The third-order valence-corrected chi connectivity index (χ3v) is 2.85. The van der Waals surface area contributed by atoms with Gasteiger partial charge in [-0.15, -0.1) is 0 Å². The highest BCUT2D eigenvalue weighted by atomic mass is 16.5. The first kappa shape index (κ1) is 14.7. The van der Waals surface area contributed by atoms with E-state index in [1.54, 1.807) is 0 Å². The Morgan fingerprint density at radius 3 is 2.28 bits per heavy atom. The SMILES string of the molecule is CCOC(=O)C(NC(C)C)c1c(C)cccc1C. The van der Waals surface area contributed by atoms with Gasteiger partial charge in [-0.05, 0) is 51.3 Å². The fraction of sp³-hybridized carbons (Fsp3) is 0.533. The lowest BCUT2D eigenvalue weighted by Crippen LogP contribution is -2.35. The molecule has 0 fully saturated rings. The van der Waals surface area contributed by atoms with Crippen LogP contribution >= 0.6 is 0 Å². The maximum absolute atomic E-state index is 12.1. The molecule has 0 heterocycles. The quantitative estimate of drug-likeness (QED) is 0.815. The zero-order valence-corrected chi connectivity index (χ0v) is 11.9. The Kier molecular flexibility index (Phi) is 5.35. The Labute approximate surface area is 110 Å². The number of benzene rings is 1. The van der Waals surface area contributed by atoms with Gasteiger partial charge in [-0.1, -0.05) is 18.2 Å². The van der Waals surface area contributed by atoms with Gasteiger partial charge in [-0.25, -0.2) is 4.79 Å². The van der Waals surface area contributed by atoms with Gasteiger partial charge in [0, 0.05) is 6.04 Å². The van der Waals surface area contributed by atoms with Crippen molar-refractivity contribution < 1.29 is 9.53 Å². The molecule has 1 unspecified atom stereocenters. The molecule has 1 atom stereocenters. The van der Waals surface area contributed by atoms with Crippen LogP contribution in [0.1, 0.15) is 43.5 Å². The monoisotopic (exact) mass is 249 g/mol. The lowest BCUT2D eigenvalue weighted by Gasteiger charge is -2.23. The zero-order chi connectivity index (χ0) is 13.7. The topological polar surface area (TPSA) is 38.3 Å². The summed E-state index contributed by atoms with van der Waals surface area (Å²) < 4.78 is 5.17. The molecular weight excluding hydrogens is 226 g/mol. The molecule has 0 aliphatic heterocycles. The number of rotatable bonds is 5. The van der Waals surface area contributed by atoms with Crippen LogP contribution in [-0.2, 0) is 9.53 Å². The predicted molar refractivity (Wildman–Crippen MR) is 73.6 cm³/mol. The summed E-state index contributed by atoms with van der Waals surface area (Å²) in [7, 11) is 0. The lowest BCUT2D eigenvalue weighted by molar-refractivity contribution is -0.146. The highest BCUT2D eigenvalue weighted by Gasteiger charge is 2.25. The average molecular weight is 249 g/mol.